The summed E-state index contributed by atoms with van der Waals surface area (Å²) in [6, 6.07) is 1.59. The Morgan fingerprint density at radius 2 is 2.17 bits per heavy atom. The van der Waals surface area contributed by atoms with Gasteiger partial charge in [0.05, 0.1) is 11.7 Å². The molecule has 2 rings (SSSR count). The van der Waals surface area contributed by atoms with Gasteiger partial charge in [-0.15, -0.1) is 0 Å². The van der Waals surface area contributed by atoms with Crippen LogP contribution in [0.1, 0.15) is 59.3 Å². The van der Waals surface area contributed by atoms with Crippen LogP contribution in [0.25, 0.3) is 0 Å². The highest BCUT2D eigenvalue weighted by Gasteiger charge is 2.43. The van der Waals surface area contributed by atoms with Gasteiger partial charge in [0, 0.05) is 18.0 Å². The summed E-state index contributed by atoms with van der Waals surface area (Å²) in [7, 11) is 0. The minimum absolute atomic E-state index is 0.0131. The Kier molecular flexibility index (Phi) is 4.95. The van der Waals surface area contributed by atoms with E-state index in [1.807, 2.05) is 6.92 Å². The van der Waals surface area contributed by atoms with Crippen molar-refractivity contribution < 1.29 is 9.90 Å². The van der Waals surface area contributed by atoms with Gasteiger partial charge in [0.1, 0.15) is 11.8 Å². The molecule has 1 saturated carbocycles. The van der Waals surface area contributed by atoms with Crippen LogP contribution < -0.4 is 0 Å². The van der Waals surface area contributed by atoms with Gasteiger partial charge in [0.25, 0.3) is 5.91 Å². The standard InChI is InChI=1S/C18H27N3O2/c1-13-6-4-8-17(2,12-18(3,23)10-13)15(20)16(22)21-9-5-7-14(21)11-19/h5,9,13-14,20,23H,4,6-8,10,12H2,1-3H3/t13?,14?,17?,18-/m0/s1. The van der Waals surface area contributed by atoms with Crippen molar-refractivity contribution in [1.29, 1.82) is 10.7 Å². The molecule has 0 aromatic carbocycles. The lowest BCUT2D eigenvalue weighted by molar-refractivity contribution is -0.123. The third kappa shape index (κ3) is 3.81. The predicted molar refractivity (Wildman–Crippen MR) is 88.7 cm³/mol. The molecular weight excluding hydrogens is 290 g/mol. The third-order valence-corrected chi connectivity index (χ3v) is 5.15. The predicted octanol–water partition coefficient (Wildman–Crippen LogP) is 3.00. The zero-order valence-corrected chi connectivity index (χ0v) is 14.3. The van der Waals surface area contributed by atoms with E-state index in [0.717, 1.165) is 12.8 Å². The zero-order valence-electron chi connectivity index (χ0n) is 14.3. The number of aliphatic hydroxyl groups is 1. The fourth-order valence-electron chi connectivity index (χ4n) is 4.14. The molecule has 0 aromatic heterocycles. The fraction of sp³-hybridized carbons (Fsp3) is 0.722. The number of carbonyl (C=O) groups excluding carboxylic acids is 1. The van der Waals surface area contributed by atoms with Crippen LogP contribution in [0.3, 0.4) is 0 Å². The molecular formula is C18H27N3O2. The first-order valence-electron chi connectivity index (χ1n) is 8.39. The maximum absolute atomic E-state index is 12.7. The minimum atomic E-state index is -0.878. The summed E-state index contributed by atoms with van der Waals surface area (Å²) in [5.41, 5.74) is -1.52. The van der Waals surface area contributed by atoms with E-state index in [1.54, 1.807) is 19.2 Å². The van der Waals surface area contributed by atoms with Crippen molar-refractivity contribution in [3.63, 3.8) is 0 Å². The Labute approximate surface area is 138 Å². The number of nitriles is 1. The Morgan fingerprint density at radius 1 is 1.48 bits per heavy atom. The van der Waals surface area contributed by atoms with Crippen molar-refractivity contribution in [3.05, 3.63) is 12.3 Å². The second-order valence-electron chi connectivity index (χ2n) is 7.79. The zero-order chi connectivity index (χ0) is 17.3. The Bertz CT molecular complexity index is 561. The average Bonchev–Trinajstić information content (AvgIpc) is 2.91. The smallest absolute Gasteiger partial charge is 0.273 e. The molecule has 3 unspecified atom stereocenters. The molecule has 5 heteroatoms. The lowest BCUT2D eigenvalue weighted by Crippen LogP contribution is -2.47. The summed E-state index contributed by atoms with van der Waals surface area (Å²) in [5, 5.41) is 28.3. The highest BCUT2D eigenvalue weighted by atomic mass is 16.3. The lowest BCUT2D eigenvalue weighted by Gasteiger charge is -2.41. The number of rotatable bonds is 2. The third-order valence-electron chi connectivity index (χ3n) is 5.15. The van der Waals surface area contributed by atoms with E-state index in [4.69, 9.17) is 10.7 Å². The van der Waals surface area contributed by atoms with Crippen LogP contribution in [-0.4, -0.2) is 33.3 Å². The fourth-order valence-corrected chi connectivity index (χ4v) is 4.14. The molecule has 0 bridgehead atoms. The monoisotopic (exact) mass is 317 g/mol. The second-order valence-corrected chi connectivity index (χ2v) is 7.79. The molecule has 0 spiro atoms. The molecule has 126 valence electrons. The van der Waals surface area contributed by atoms with Crippen LogP contribution in [0, 0.1) is 28.1 Å². The number of carbonyl (C=O) groups is 1. The highest BCUT2D eigenvalue weighted by Crippen LogP contribution is 2.41. The second kappa shape index (κ2) is 6.45. The molecule has 2 N–H and O–H groups in total. The van der Waals surface area contributed by atoms with Crippen LogP contribution in [0.4, 0.5) is 0 Å². The summed E-state index contributed by atoms with van der Waals surface area (Å²) in [6.07, 6.45) is 7.67. The quantitative estimate of drug-likeness (QED) is 0.767. The molecule has 0 radical (unpaired) electrons. The first kappa shape index (κ1) is 17.7. The SMILES string of the molecule is CC1CCCC(C)(C(=N)C(=O)N2C=CCC2C#N)C[C@@](C)(O)C1. The Hall–Kier alpha value is -1.67. The molecule has 5 nitrogen and oxygen atoms in total. The minimum Gasteiger partial charge on any atom is -0.390 e. The lowest BCUT2D eigenvalue weighted by atomic mass is 9.67. The molecule has 2 aliphatic rings. The number of hydrogen-bond donors (Lipinski definition) is 2. The van der Waals surface area contributed by atoms with Gasteiger partial charge in [-0.1, -0.05) is 32.8 Å². The van der Waals surface area contributed by atoms with E-state index >= 15 is 0 Å². The molecule has 1 aliphatic carbocycles. The summed E-state index contributed by atoms with van der Waals surface area (Å²) < 4.78 is 0. The number of nitrogens with zero attached hydrogens (tertiary/aromatic N) is 2. The van der Waals surface area contributed by atoms with Crippen LogP contribution in [-0.2, 0) is 4.79 Å². The number of nitrogens with one attached hydrogen (secondary N) is 1. The molecule has 0 aromatic rings. The Morgan fingerprint density at radius 3 is 2.83 bits per heavy atom. The molecule has 1 amide bonds. The van der Waals surface area contributed by atoms with Gasteiger partial charge in [-0.2, -0.15) is 5.26 Å². The van der Waals surface area contributed by atoms with Crippen molar-refractivity contribution in [2.75, 3.05) is 0 Å². The highest BCUT2D eigenvalue weighted by molar-refractivity contribution is 6.39. The van der Waals surface area contributed by atoms with E-state index in [1.165, 1.54) is 4.90 Å². The van der Waals surface area contributed by atoms with Crippen LogP contribution in [0.15, 0.2) is 12.3 Å². The van der Waals surface area contributed by atoms with Gasteiger partial charge in [-0.3, -0.25) is 15.1 Å². The van der Waals surface area contributed by atoms with E-state index in [-0.39, 0.29) is 5.71 Å². The average molecular weight is 317 g/mol. The summed E-state index contributed by atoms with van der Waals surface area (Å²) >= 11 is 0. The first-order valence-corrected chi connectivity index (χ1v) is 8.39. The van der Waals surface area contributed by atoms with E-state index in [2.05, 4.69) is 13.0 Å². The van der Waals surface area contributed by atoms with Crippen LogP contribution >= 0.6 is 0 Å². The van der Waals surface area contributed by atoms with Crippen molar-refractivity contribution >= 4 is 11.6 Å². The van der Waals surface area contributed by atoms with Crippen LogP contribution in [0.5, 0.6) is 0 Å². The summed E-state index contributed by atoms with van der Waals surface area (Å²) in [5.74, 6) is 0.0427. The van der Waals surface area contributed by atoms with Gasteiger partial charge in [0.2, 0.25) is 0 Å². The Balaban J connectivity index is 2.20. The van der Waals surface area contributed by atoms with Gasteiger partial charge in [0.15, 0.2) is 0 Å². The van der Waals surface area contributed by atoms with Gasteiger partial charge >= 0.3 is 0 Å². The maximum Gasteiger partial charge on any atom is 0.273 e. The largest absolute Gasteiger partial charge is 0.390 e. The normalized spacial score (nSPS) is 37.8. The number of amides is 1. The summed E-state index contributed by atoms with van der Waals surface area (Å²) in [6.45, 7) is 5.84. The molecule has 1 heterocycles. The molecule has 23 heavy (non-hydrogen) atoms. The maximum atomic E-state index is 12.7. The number of hydrogen-bond acceptors (Lipinski definition) is 4. The van der Waals surface area contributed by atoms with Gasteiger partial charge in [-0.25, -0.2) is 0 Å². The van der Waals surface area contributed by atoms with E-state index in [0.29, 0.717) is 31.6 Å². The van der Waals surface area contributed by atoms with Gasteiger partial charge in [-0.05, 0) is 32.1 Å². The van der Waals surface area contributed by atoms with E-state index < -0.39 is 23.0 Å². The molecule has 0 saturated heterocycles. The molecule has 4 atom stereocenters. The molecule has 1 aliphatic heterocycles. The van der Waals surface area contributed by atoms with Crippen LogP contribution in [0.2, 0.25) is 0 Å². The topological polar surface area (TPSA) is 88.2 Å². The van der Waals surface area contributed by atoms with Crippen molar-refractivity contribution in [2.24, 2.45) is 11.3 Å². The van der Waals surface area contributed by atoms with E-state index in [9.17, 15) is 9.90 Å². The van der Waals surface area contributed by atoms with Crippen molar-refractivity contribution in [1.82, 2.24) is 4.90 Å². The van der Waals surface area contributed by atoms with Crippen molar-refractivity contribution in [2.45, 2.75) is 70.9 Å². The van der Waals surface area contributed by atoms with Gasteiger partial charge < -0.3 is 5.11 Å². The molecule has 1 fully saturated rings. The summed E-state index contributed by atoms with van der Waals surface area (Å²) in [4.78, 5) is 14.1. The van der Waals surface area contributed by atoms with Crippen molar-refractivity contribution in [3.8, 4) is 6.07 Å². The first-order chi connectivity index (χ1) is 10.7.